The Morgan fingerprint density at radius 3 is 1.42 bits per heavy atom. The number of fused-ring (bicyclic) bond motifs is 2. The number of carboxylic acids is 1. The smallest absolute Gasteiger partial charge is 0.341 e. The number of amides is 1. The maximum absolute atomic E-state index is 14.4. The van der Waals surface area contributed by atoms with Gasteiger partial charge >= 0.3 is 5.97 Å². The molecule has 1 amide bonds. The molecule has 390 valence electrons. The van der Waals surface area contributed by atoms with Crippen molar-refractivity contribution < 1.29 is 24.2 Å². The molecule has 0 bridgehead atoms. The lowest BCUT2D eigenvalue weighted by Gasteiger charge is -2.23. The van der Waals surface area contributed by atoms with Gasteiger partial charge in [0.1, 0.15) is 34.4 Å². The van der Waals surface area contributed by atoms with Crippen molar-refractivity contribution in [3.05, 3.63) is 213 Å². The van der Waals surface area contributed by atoms with Crippen LogP contribution in [0.15, 0.2) is 168 Å². The molecule has 1 fully saturated rings. The van der Waals surface area contributed by atoms with Gasteiger partial charge in [-0.2, -0.15) is 0 Å². The first-order chi connectivity index (χ1) is 37.8. The zero-order valence-corrected chi connectivity index (χ0v) is 43.5. The number of hydrogen-bond donors (Lipinski definition) is 3. The molecule has 18 heteroatoms. The first-order valence-electron chi connectivity index (χ1n) is 25.0. The molecule has 1 aliphatic heterocycles. The van der Waals surface area contributed by atoms with E-state index in [0.29, 0.717) is 56.9 Å². The van der Waals surface area contributed by atoms with Crippen LogP contribution in [0.25, 0.3) is 55.2 Å². The molecule has 2 atom stereocenters. The fourth-order valence-corrected chi connectivity index (χ4v) is 9.40. The molecule has 3 N–H and O–H groups in total. The highest BCUT2D eigenvalue weighted by molar-refractivity contribution is 6.00. The van der Waals surface area contributed by atoms with Gasteiger partial charge in [-0.3, -0.25) is 23.5 Å². The number of rotatable bonds is 14. The number of anilines is 2. The SMILES string of the molecule is COc1cc(-c2cccc3cc([C@H](C)Nc4nc(C)ncc4C(=O)N4CC4)n(-c4ccccc4)c(=O)c23)ccn1.COc1cc(-c2cccc3cc([C@H](C)Nc4nc(C)ncc4C(=O)O)n(-c4ccccc4)c(=O)c23)ccn1. The number of benzene rings is 4. The van der Waals surface area contributed by atoms with Gasteiger partial charge in [0.2, 0.25) is 11.8 Å². The summed E-state index contributed by atoms with van der Waals surface area (Å²) < 4.78 is 14.0. The lowest BCUT2D eigenvalue weighted by Crippen LogP contribution is -2.26. The van der Waals surface area contributed by atoms with Crippen molar-refractivity contribution in [2.24, 2.45) is 0 Å². The Morgan fingerprint density at radius 2 is 1.00 bits per heavy atom. The van der Waals surface area contributed by atoms with E-state index in [2.05, 4.69) is 40.5 Å². The number of aryl methyl sites for hydroxylation is 2. The topological polar surface area (TPSA) is 221 Å². The van der Waals surface area contributed by atoms with E-state index < -0.39 is 12.0 Å². The Hall–Kier alpha value is -10.1. The Balaban J connectivity index is 0.000000177. The molecule has 78 heavy (non-hydrogen) atoms. The number of carboxylic acid groups (broad SMARTS) is 1. The van der Waals surface area contributed by atoms with Gasteiger partial charge in [0, 0.05) is 72.8 Å². The Bertz CT molecular complexity index is 4040. The summed E-state index contributed by atoms with van der Waals surface area (Å²) in [5.74, 6) is 1.28. The quantitative estimate of drug-likeness (QED) is 0.0863. The number of carbonyl (C=O) groups is 2. The maximum Gasteiger partial charge on any atom is 0.341 e. The van der Waals surface area contributed by atoms with E-state index >= 15 is 0 Å². The summed E-state index contributed by atoms with van der Waals surface area (Å²) in [4.78, 5) is 80.6. The third kappa shape index (κ3) is 10.5. The monoisotopic (exact) mass is 1040 g/mol. The van der Waals surface area contributed by atoms with Gasteiger partial charge in [-0.15, -0.1) is 0 Å². The van der Waals surface area contributed by atoms with E-state index in [4.69, 9.17) is 9.47 Å². The second kappa shape index (κ2) is 22.0. The Morgan fingerprint density at radius 1 is 0.564 bits per heavy atom. The van der Waals surface area contributed by atoms with E-state index in [1.165, 1.54) is 6.20 Å². The summed E-state index contributed by atoms with van der Waals surface area (Å²) >= 11 is 0. The molecule has 0 unspecified atom stereocenters. The number of nitrogens with one attached hydrogen (secondary N) is 2. The van der Waals surface area contributed by atoms with Crippen molar-refractivity contribution in [1.29, 1.82) is 0 Å². The molecule has 0 radical (unpaired) electrons. The highest BCUT2D eigenvalue weighted by Crippen LogP contribution is 2.34. The minimum atomic E-state index is -1.14. The van der Waals surface area contributed by atoms with Gasteiger partial charge in [-0.05, 0) is 109 Å². The minimum Gasteiger partial charge on any atom is -0.481 e. The first-order valence-corrected chi connectivity index (χ1v) is 25.0. The molecule has 7 heterocycles. The van der Waals surface area contributed by atoms with Crippen LogP contribution in [0.3, 0.4) is 0 Å². The largest absolute Gasteiger partial charge is 0.481 e. The summed E-state index contributed by atoms with van der Waals surface area (Å²) in [5, 5.41) is 18.9. The molecular weight excluding hydrogens is 987 g/mol. The number of pyridine rings is 4. The molecular formula is C60H53N11O7. The van der Waals surface area contributed by atoms with Crippen LogP contribution in [0.2, 0.25) is 0 Å². The maximum atomic E-state index is 14.4. The second-order valence-corrected chi connectivity index (χ2v) is 18.5. The van der Waals surface area contributed by atoms with Crippen LogP contribution >= 0.6 is 0 Å². The normalized spacial score (nSPS) is 12.5. The number of para-hydroxylation sites is 2. The highest BCUT2D eigenvalue weighted by Gasteiger charge is 2.30. The molecule has 1 aliphatic rings. The molecule has 11 rings (SSSR count). The second-order valence-electron chi connectivity index (χ2n) is 18.5. The molecule has 0 saturated carbocycles. The Labute approximate surface area is 447 Å². The van der Waals surface area contributed by atoms with Crippen molar-refractivity contribution in [2.75, 3.05) is 37.9 Å². The number of nitrogens with zero attached hydrogens (tertiary/aromatic N) is 9. The van der Waals surface area contributed by atoms with Crippen LogP contribution in [0.4, 0.5) is 11.6 Å². The van der Waals surface area contributed by atoms with Crippen molar-refractivity contribution in [3.63, 3.8) is 0 Å². The number of aromatic carboxylic acids is 1. The van der Waals surface area contributed by atoms with Gasteiger partial charge in [-0.1, -0.05) is 72.8 Å². The van der Waals surface area contributed by atoms with E-state index in [1.807, 2.05) is 141 Å². The first kappa shape index (κ1) is 51.4. The summed E-state index contributed by atoms with van der Waals surface area (Å²) in [6.07, 6.45) is 6.16. The fourth-order valence-electron chi connectivity index (χ4n) is 9.40. The van der Waals surface area contributed by atoms with Crippen molar-refractivity contribution in [2.45, 2.75) is 39.8 Å². The molecule has 10 aromatic rings. The lowest BCUT2D eigenvalue weighted by molar-refractivity contribution is 0.0696. The van der Waals surface area contributed by atoms with Crippen LogP contribution in [0.5, 0.6) is 11.8 Å². The third-order valence-electron chi connectivity index (χ3n) is 13.3. The van der Waals surface area contributed by atoms with E-state index in [1.54, 1.807) is 66.8 Å². The fraction of sp³-hybridized carbons (Fsp3) is 0.167. The van der Waals surface area contributed by atoms with Gasteiger partial charge in [0.05, 0.1) is 37.1 Å². The van der Waals surface area contributed by atoms with E-state index in [-0.39, 0.29) is 34.4 Å². The lowest BCUT2D eigenvalue weighted by atomic mass is 9.98. The third-order valence-corrected chi connectivity index (χ3v) is 13.3. The van der Waals surface area contributed by atoms with Crippen LogP contribution in [0, 0.1) is 13.8 Å². The summed E-state index contributed by atoms with van der Waals surface area (Å²) in [7, 11) is 3.12. The highest BCUT2D eigenvalue weighted by atomic mass is 16.5. The van der Waals surface area contributed by atoms with Crippen molar-refractivity contribution in [3.8, 4) is 45.4 Å². The van der Waals surface area contributed by atoms with Crippen LogP contribution in [-0.4, -0.2) is 88.2 Å². The predicted octanol–water partition coefficient (Wildman–Crippen LogP) is 9.82. The number of ether oxygens (including phenoxy) is 2. The number of methoxy groups -OCH3 is 2. The molecule has 4 aromatic carbocycles. The Kier molecular flexibility index (Phi) is 14.5. The zero-order chi connectivity index (χ0) is 54.6. The van der Waals surface area contributed by atoms with Gasteiger partial charge in [-0.25, -0.2) is 34.7 Å². The molecule has 1 saturated heterocycles. The number of hydrogen-bond acceptors (Lipinski definition) is 14. The molecule has 0 spiro atoms. The zero-order valence-electron chi connectivity index (χ0n) is 43.5. The summed E-state index contributed by atoms with van der Waals surface area (Å²) in [6, 6.07) is 40.8. The van der Waals surface area contributed by atoms with Gasteiger partial charge < -0.3 is 30.1 Å². The van der Waals surface area contributed by atoms with Gasteiger partial charge in [0.25, 0.3) is 17.0 Å². The number of aromatic nitrogens is 8. The summed E-state index contributed by atoms with van der Waals surface area (Å²) in [6.45, 7) is 8.75. The van der Waals surface area contributed by atoms with Crippen molar-refractivity contribution >= 4 is 45.1 Å². The molecule has 0 aliphatic carbocycles. The average molecular weight is 1040 g/mol. The average Bonchev–Trinajstić information content (AvgIpc) is 4.34. The van der Waals surface area contributed by atoms with Crippen LogP contribution < -0.4 is 31.2 Å². The van der Waals surface area contributed by atoms with Crippen LogP contribution in [0.1, 0.15) is 69.7 Å². The van der Waals surface area contributed by atoms with Gasteiger partial charge in [0.15, 0.2) is 0 Å². The molecule has 18 nitrogen and oxygen atoms in total. The van der Waals surface area contributed by atoms with Crippen molar-refractivity contribution in [1.82, 2.24) is 43.9 Å². The standard InChI is InChI=1S/C31H28N6O3.C29H25N5O4/c1-19(34-29-25(18-33-20(2)35-29)30(38)36-14-15-36)26-16-22-8-7-11-24(21-12-13-32-27(17-21)40-3)28(22)31(39)37(26)23-9-5-4-6-10-23;1-17(32-27-23(29(36)37)16-31-18(2)33-27)24-14-20-8-7-11-22(19-12-13-30-25(15-19)38-3)26(20)28(35)34(24)21-9-5-4-6-10-21/h4-13,16-19H,14-15H2,1-3H3,(H,33,34,35);4-17H,1-3H3,(H,36,37)(H,31,32,33)/t19-;17-/m00/s1. The molecule has 6 aromatic heterocycles. The van der Waals surface area contributed by atoms with E-state index in [0.717, 1.165) is 57.5 Å². The number of carbonyl (C=O) groups excluding carboxylic acids is 1. The van der Waals surface area contributed by atoms with Crippen LogP contribution in [-0.2, 0) is 0 Å². The minimum absolute atomic E-state index is 0.0502. The predicted molar refractivity (Wildman–Crippen MR) is 299 cm³/mol. The summed E-state index contributed by atoms with van der Waals surface area (Å²) in [5.41, 5.74) is 5.98. The van der Waals surface area contributed by atoms with E-state index in [9.17, 15) is 24.3 Å².